The van der Waals surface area contributed by atoms with Crippen LogP contribution in [0.3, 0.4) is 0 Å². The molecule has 0 bridgehead atoms. The van der Waals surface area contributed by atoms with Crippen molar-refractivity contribution in [2.75, 3.05) is 6.54 Å². The zero-order chi connectivity index (χ0) is 13.9. The molecule has 0 aliphatic rings. The molecular formula is C14H20F3N. The van der Waals surface area contributed by atoms with E-state index in [4.69, 9.17) is 0 Å². The van der Waals surface area contributed by atoms with Gasteiger partial charge in [0, 0.05) is 17.7 Å². The molecule has 0 saturated heterocycles. The molecule has 1 nitrogen and oxygen atoms in total. The molecule has 4 heteroatoms. The lowest BCUT2D eigenvalue weighted by molar-refractivity contribution is 0.231. The van der Waals surface area contributed by atoms with Gasteiger partial charge >= 0.3 is 0 Å². The van der Waals surface area contributed by atoms with Crippen molar-refractivity contribution in [3.05, 3.63) is 35.1 Å². The van der Waals surface area contributed by atoms with Crippen molar-refractivity contribution in [1.82, 2.24) is 5.32 Å². The molecule has 1 atom stereocenters. The van der Waals surface area contributed by atoms with E-state index in [1.165, 1.54) is 0 Å². The van der Waals surface area contributed by atoms with Crippen LogP contribution in [0.25, 0.3) is 0 Å². The minimum absolute atomic E-state index is 0.183. The second-order valence-corrected chi connectivity index (χ2v) is 5.12. The lowest BCUT2D eigenvalue weighted by Crippen LogP contribution is -2.34. The van der Waals surface area contributed by atoms with Gasteiger partial charge in [0.2, 0.25) is 0 Å². The Balaban J connectivity index is 3.26. The molecule has 0 aliphatic heterocycles. The van der Waals surface area contributed by atoms with Crippen molar-refractivity contribution in [3.8, 4) is 0 Å². The van der Waals surface area contributed by atoms with Crippen LogP contribution >= 0.6 is 0 Å². The number of rotatable bonds is 5. The smallest absolute Gasteiger partial charge is 0.161 e. The molecule has 1 aromatic rings. The molecule has 1 N–H and O–H groups in total. The highest BCUT2D eigenvalue weighted by Crippen LogP contribution is 2.37. The highest BCUT2D eigenvalue weighted by atomic mass is 19.2. The molecule has 0 heterocycles. The summed E-state index contributed by atoms with van der Waals surface area (Å²) in [5.74, 6) is -2.87. The lowest BCUT2D eigenvalue weighted by Gasteiger charge is -2.34. The maximum Gasteiger partial charge on any atom is 0.161 e. The first-order valence-corrected chi connectivity index (χ1v) is 6.21. The normalized spacial score (nSPS) is 13.7. The quantitative estimate of drug-likeness (QED) is 0.782. The molecular weight excluding hydrogens is 239 g/mol. The maximum atomic E-state index is 13.8. The van der Waals surface area contributed by atoms with E-state index in [2.05, 4.69) is 5.32 Å². The van der Waals surface area contributed by atoms with Crippen molar-refractivity contribution < 1.29 is 13.2 Å². The predicted molar refractivity (Wildman–Crippen MR) is 66.8 cm³/mol. The summed E-state index contributed by atoms with van der Waals surface area (Å²) in [5, 5.41) is 3.15. The molecule has 18 heavy (non-hydrogen) atoms. The fourth-order valence-corrected chi connectivity index (χ4v) is 1.97. The van der Waals surface area contributed by atoms with Crippen LogP contribution in [0.2, 0.25) is 0 Å². The molecule has 1 aromatic carbocycles. The highest BCUT2D eigenvalue weighted by Gasteiger charge is 2.31. The number of benzene rings is 1. The maximum absolute atomic E-state index is 13.8. The van der Waals surface area contributed by atoms with Crippen molar-refractivity contribution >= 4 is 0 Å². The summed E-state index contributed by atoms with van der Waals surface area (Å²) in [6.07, 6.45) is 0.795. The molecule has 1 rings (SSSR count). The Kier molecular flexibility index (Phi) is 4.79. The Labute approximate surface area is 106 Å². The Morgan fingerprint density at radius 2 is 1.61 bits per heavy atom. The Morgan fingerprint density at radius 1 is 1.06 bits per heavy atom. The molecule has 0 spiro atoms. The van der Waals surface area contributed by atoms with Gasteiger partial charge in [0.05, 0.1) is 0 Å². The second kappa shape index (κ2) is 5.74. The van der Waals surface area contributed by atoms with Gasteiger partial charge in [-0.05, 0) is 24.4 Å². The first-order valence-electron chi connectivity index (χ1n) is 6.21. The van der Waals surface area contributed by atoms with Gasteiger partial charge in [-0.25, -0.2) is 13.2 Å². The fraction of sp³-hybridized carbons (Fsp3) is 0.571. The van der Waals surface area contributed by atoms with Crippen molar-refractivity contribution in [3.63, 3.8) is 0 Å². The van der Waals surface area contributed by atoms with E-state index < -0.39 is 17.5 Å². The van der Waals surface area contributed by atoms with E-state index in [-0.39, 0.29) is 17.0 Å². The van der Waals surface area contributed by atoms with E-state index in [0.717, 1.165) is 12.5 Å². The Bertz CT molecular complexity index is 416. The van der Waals surface area contributed by atoms with Gasteiger partial charge in [-0.3, -0.25) is 0 Å². The van der Waals surface area contributed by atoms with Gasteiger partial charge in [-0.1, -0.05) is 27.7 Å². The minimum Gasteiger partial charge on any atom is -0.310 e. The first-order chi connectivity index (χ1) is 8.33. The van der Waals surface area contributed by atoms with E-state index >= 15 is 0 Å². The van der Waals surface area contributed by atoms with E-state index in [1.807, 2.05) is 27.7 Å². The molecule has 102 valence electrons. The largest absolute Gasteiger partial charge is 0.310 e. The van der Waals surface area contributed by atoms with E-state index in [9.17, 15) is 13.2 Å². The first kappa shape index (κ1) is 15.0. The van der Waals surface area contributed by atoms with E-state index in [0.29, 0.717) is 12.6 Å². The summed E-state index contributed by atoms with van der Waals surface area (Å²) in [4.78, 5) is 0. The summed E-state index contributed by atoms with van der Waals surface area (Å²) in [5.41, 5.74) is -0.0659. The molecule has 0 aliphatic carbocycles. The molecule has 0 radical (unpaired) electrons. The van der Waals surface area contributed by atoms with Crippen molar-refractivity contribution in [2.45, 2.75) is 40.2 Å². The number of hydrogen-bond acceptors (Lipinski definition) is 1. The predicted octanol–water partition coefficient (Wildman–Crippen LogP) is 4.19. The van der Waals surface area contributed by atoms with Crippen LogP contribution in [0.15, 0.2) is 12.1 Å². The van der Waals surface area contributed by atoms with Gasteiger partial charge in [-0.15, -0.1) is 0 Å². The lowest BCUT2D eigenvalue weighted by atomic mass is 9.78. The summed E-state index contributed by atoms with van der Waals surface area (Å²) in [6.45, 7) is 8.47. The third-order valence-electron chi connectivity index (χ3n) is 3.45. The van der Waals surface area contributed by atoms with Gasteiger partial charge in [0.15, 0.2) is 11.6 Å². The number of nitrogens with one attached hydrogen (secondary N) is 1. The van der Waals surface area contributed by atoms with Crippen LogP contribution < -0.4 is 5.32 Å². The van der Waals surface area contributed by atoms with Gasteiger partial charge < -0.3 is 5.32 Å². The molecule has 0 aromatic heterocycles. The summed E-state index contributed by atoms with van der Waals surface area (Å²) < 4.78 is 40.1. The number of hydrogen-bond donors (Lipinski definition) is 1. The van der Waals surface area contributed by atoms with Crippen LogP contribution in [0.5, 0.6) is 0 Å². The van der Waals surface area contributed by atoms with Crippen LogP contribution in [-0.2, 0) is 0 Å². The molecule has 0 amide bonds. The van der Waals surface area contributed by atoms with E-state index in [1.54, 1.807) is 0 Å². The molecule has 0 saturated carbocycles. The molecule has 1 unspecified atom stereocenters. The standard InChI is InChI=1S/C14H20F3N/c1-5-14(3,4)13(18-6-2)9-7-11(16)12(17)8-10(9)15/h7-8,13,18H,5-6H2,1-4H3. The third-order valence-corrected chi connectivity index (χ3v) is 3.45. The summed E-state index contributed by atoms with van der Waals surface area (Å²) in [7, 11) is 0. The fourth-order valence-electron chi connectivity index (χ4n) is 1.97. The van der Waals surface area contributed by atoms with Gasteiger partial charge in [0.25, 0.3) is 0 Å². The monoisotopic (exact) mass is 259 g/mol. The Hall–Kier alpha value is -1.03. The van der Waals surface area contributed by atoms with Crippen LogP contribution in [0.1, 0.15) is 45.7 Å². The average Bonchev–Trinajstić information content (AvgIpc) is 2.31. The summed E-state index contributed by atoms with van der Waals surface area (Å²) >= 11 is 0. The third kappa shape index (κ3) is 3.05. The SMILES string of the molecule is CCNC(c1cc(F)c(F)cc1F)C(C)(C)CC. The van der Waals surface area contributed by atoms with Crippen molar-refractivity contribution in [2.24, 2.45) is 5.41 Å². The average molecular weight is 259 g/mol. The summed E-state index contributed by atoms with van der Waals surface area (Å²) in [6, 6.07) is 1.22. The zero-order valence-electron chi connectivity index (χ0n) is 11.3. The van der Waals surface area contributed by atoms with Crippen molar-refractivity contribution in [1.29, 1.82) is 0 Å². The van der Waals surface area contributed by atoms with Crippen LogP contribution in [0, 0.1) is 22.9 Å². The second-order valence-electron chi connectivity index (χ2n) is 5.12. The Morgan fingerprint density at radius 3 is 2.11 bits per heavy atom. The topological polar surface area (TPSA) is 12.0 Å². The van der Waals surface area contributed by atoms with Crippen LogP contribution in [0.4, 0.5) is 13.2 Å². The van der Waals surface area contributed by atoms with Gasteiger partial charge in [-0.2, -0.15) is 0 Å². The minimum atomic E-state index is -1.15. The van der Waals surface area contributed by atoms with Gasteiger partial charge in [0.1, 0.15) is 5.82 Å². The number of halogens is 3. The highest BCUT2D eigenvalue weighted by molar-refractivity contribution is 5.25. The molecule has 0 fully saturated rings. The van der Waals surface area contributed by atoms with Crippen LogP contribution in [-0.4, -0.2) is 6.54 Å². The zero-order valence-corrected chi connectivity index (χ0v) is 11.3.